The van der Waals surface area contributed by atoms with Crippen LogP contribution < -0.4 is 4.74 Å². The molecule has 0 N–H and O–H groups in total. The molecule has 5 nitrogen and oxygen atoms in total. The van der Waals surface area contributed by atoms with Crippen molar-refractivity contribution < 1.29 is 4.74 Å². The molecule has 0 bridgehead atoms. The van der Waals surface area contributed by atoms with Crippen LogP contribution in [0.1, 0.15) is 16.8 Å². The lowest BCUT2D eigenvalue weighted by Gasteiger charge is -1.99. The standard InChI is InChI=1S/C7H5ClN2O.C7H5ClN2/c1-11-7-5(4-9)2-3-6(8)10-7;1-5-2-3-6(4-9)7(8)10-5/h2-3H,1H3;2-3H,1H3. The highest BCUT2D eigenvalue weighted by Gasteiger charge is 2.02. The summed E-state index contributed by atoms with van der Waals surface area (Å²) >= 11 is 11.1. The van der Waals surface area contributed by atoms with Crippen molar-refractivity contribution in [1.29, 1.82) is 10.5 Å². The molecule has 0 aliphatic carbocycles. The zero-order valence-corrected chi connectivity index (χ0v) is 12.8. The highest BCUT2D eigenvalue weighted by Crippen LogP contribution is 2.16. The van der Waals surface area contributed by atoms with Crippen LogP contribution in [0.25, 0.3) is 0 Å². The average molecular weight is 321 g/mol. The van der Waals surface area contributed by atoms with Crippen LogP contribution in [0.4, 0.5) is 0 Å². The number of halogens is 2. The second-order valence-corrected chi connectivity index (χ2v) is 4.45. The van der Waals surface area contributed by atoms with E-state index < -0.39 is 0 Å². The van der Waals surface area contributed by atoms with Crippen LogP contribution in [0.3, 0.4) is 0 Å². The molecule has 0 saturated heterocycles. The molecule has 0 aliphatic heterocycles. The normalized spacial score (nSPS) is 8.86. The molecule has 0 fully saturated rings. The Balaban J connectivity index is 0.000000211. The topological polar surface area (TPSA) is 82.6 Å². The summed E-state index contributed by atoms with van der Waals surface area (Å²) < 4.78 is 4.80. The van der Waals surface area contributed by atoms with Gasteiger partial charge in [0.25, 0.3) is 0 Å². The van der Waals surface area contributed by atoms with Crippen LogP contribution in [0.15, 0.2) is 24.3 Å². The summed E-state index contributed by atoms with van der Waals surface area (Å²) in [6, 6.07) is 10.4. The first kappa shape index (κ1) is 16.7. The van der Waals surface area contributed by atoms with Gasteiger partial charge in [-0.2, -0.15) is 10.5 Å². The number of aryl methyl sites for hydroxylation is 1. The quantitative estimate of drug-likeness (QED) is 0.750. The van der Waals surface area contributed by atoms with Gasteiger partial charge in [-0.15, -0.1) is 0 Å². The number of ether oxygens (including phenoxy) is 1. The molecule has 0 saturated carbocycles. The minimum atomic E-state index is 0.264. The summed E-state index contributed by atoms with van der Waals surface area (Å²) in [7, 11) is 1.44. The van der Waals surface area contributed by atoms with E-state index in [0.717, 1.165) is 5.69 Å². The minimum absolute atomic E-state index is 0.264. The van der Waals surface area contributed by atoms with Crippen molar-refractivity contribution in [3.63, 3.8) is 0 Å². The zero-order chi connectivity index (χ0) is 15.8. The fraction of sp³-hybridized carbons (Fsp3) is 0.143. The van der Waals surface area contributed by atoms with Gasteiger partial charge in [0, 0.05) is 5.69 Å². The van der Waals surface area contributed by atoms with E-state index in [9.17, 15) is 0 Å². The lowest BCUT2D eigenvalue weighted by Crippen LogP contribution is -1.91. The minimum Gasteiger partial charge on any atom is -0.480 e. The number of nitrogens with zero attached hydrogens (tertiary/aromatic N) is 4. The van der Waals surface area contributed by atoms with Crippen molar-refractivity contribution in [1.82, 2.24) is 9.97 Å². The third-order valence-electron chi connectivity index (χ3n) is 2.25. The maximum atomic E-state index is 8.53. The van der Waals surface area contributed by atoms with Gasteiger partial charge in [-0.25, -0.2) is 9.97 Å². The number of methoxy groups -OCH3 is 1. The Morgan fingerprint density at radius 1 is 1.00 bits per heavy atom. The Kier molecular flexibility index (Phi) is 6.42. The zero-order valence-electron chi connectivity index (χ0n) is 11.3. The Morgan fingerprint density at radius 3 is 2.14 bits per heavy atom. The van der Waals surface area contributed by atoms with Gasteiger partial charge in [0.15, 0.2) is 0 Å². The summed E-state index contributed by atoms with van der Waals surface area (Å²) in [5, 5.41) is 17.6. The van der Waals surface area contributed by atoms with Crippen molar-refractivity contribution in [2.75, 3.05) is 7.11 Å². The predicted molar refractivity (Wildman–Crippen MR) is 79.2 cm³/mol. The molecule has 2 rings (SSSR count). The maximum absolute atomic E-state index is 8.53. The molecule has 106 valence electrons. The first-order chi connectivity index (χ1) is 10.0. The van der Waals surface area contributed by atoms with E-state index in [4.69, 9.17) is 38.5 Å². The van der Waals surface area contributed by atoms with Crippen molar-refractivity contribution in [3.8, 4) is 18.0 Å². The molecule has 0 atom stereocenters. The molecule has 21 heavy (non-hydrogen) atoms. The van der Waals surface area contributed by atoms with Gasteiger partial charge in [-0.05, 0) is 31.2 Å². The highest BCUT2D eigenvalue weighted by atomic mass is 35.5. The highest BCUT2D eigenvalue weighted by molar-refractivity contribution is 6.30. The summed E-state index contributed by atoms with van der Waals surface area (Å²) in [5.74, 6) is 0.264. The molecular weight excluding hydrogens is 311 g/mol. The van der Waals surface area contributed by atoms with Crippen molar-refractivity contribution >= 4 is 23.2 Å². The molecule has 2 heterocycles. The van der Waals surface area contributed by atoms with Crippen LogP contribution in [0.5, 0.6) is 5.88 Å². The summed E-state index contributed by atoms with van der Waals surface area (Å²) in [5.41, 5.74) is 1.63. The second kappa shape index (κ2) is 8.06. The summed E-state index contributed by atoms with van der Waals surface area (Å²) in [6.45, 7) is 1.83. The number of rotatable bonds is 1. The van der Waals surface area contributed by atoms with Crippen LogP contribution in [-0.2, 0) is 0 Å². The molecule has 0 unspecified atom stereocenters. The Hall–Kier alpha value is -2.34. The van der Waals surface area contributed by atoms with Crippen molar-refractivity contribution in [2.45, 2.75) is 6.92 Å². The first-order valence-corrected chi connectivity index (χ1v) is 6.41. The largest absolute Gasteiger partial charge is 0.480 e. The number of hydrogen-bond acceptors (Lipinski definition) is 5. The van der Waals surface area contributed by atoms with Gasteiger partial charge in [0.2, 0.25) is 5.88 Å². The van der Waals surface area contributed by atoms with Crippen LogP contribution in [-0.4, -0.2) is 17.1 Å². The Morgan fingerprint density at radius 2 is 1.62 bits per heavy atom. The van der Waals surface area contributed by atoms with Gasteiger partial charge in [0.05, 0.1) is 12.7 Å². The number of nitriles is 2. The predicted octanol–water partition coefficient (Wildman–Crippen LogP) is 3.53. The molecule has 0 aliphatic rings. The Labute approximate surface area is 132 Å². The van der Waals surface area contributed by atoms with Gasteiger partial charge in [-0.3, -0.25) is 0 Å². The van der Waals surface area contributed by atoms with E-state index in [1.54, 1.807) is 24.3 Å². The molecule has 2 aromatic rings. The van der Waals surface area contributed by atoms with Crippen LogP contribution in [0, 0.1) is 29.6 Å². The van der Waals surface area contributed by atoms with Crippen molar-refractivity contribution in [3.05, 3.63) is 51.4 Å². The van der Waals surface area contributed by atoms with Gasteiger partial charge in [0.1, 0.15) is 28.0 Å². The lowest BCUT2D eigenvalue weighted by atomic mass is 10.3. The third kappa shape index (κ3) is 4.92. The van der Waals surface area contributed by atoms with Crippen LogP contribution >= 0.6 is 23.2 Å². The molecule has 7 heteroatoms. The molecule has 0 aromatic carbocycles. The average Bonchev–Trinajstić information content (AvgIpc) is 2.48. The second-order valence-electron chi connectivity index (χ2n) is 3.71. The molecule has 0 amide bonds. The van der Waals surface area contributed by atoms with Gasteiger partial charge < -0.3 is 4.74 Å². The molecular formula is C14H10Cl2N4O. The number of pyridine rings is 2. The van der Waals surface area contributed by atoms with Gasteiger partial charge >= 0.3 is 0 Å². The fourth-order valence-corrected chi connectivity index (χ4v) is 1.65. The van der Waals surface area contributed by atoms with E-state index in [-0.39, 0.29) is 11.0 Å². The van der Waals surface area contributed by atoms with Crippen molar-refractivity contribution in [2.24, 2.45) is 0 Å². The lowest BCUT2D eigenvalue weighted by molar-refractivity contribution is 0.396. The first-order valence-electron chi connectivity index (χ1n) is 5.65. The van der Waals surface area contributed by atoms with E-state index in [2.05, 4.69) is 9.97 Å². The van der Waals surface area contributed by atoms with Gasteiger partial charge in [-0.1, -0.05) is 23.2 Å². The summed E-state index contributed by atoms with van der Waals surface area (Å²) in [4.78, 5) is 7.67. The monoisotopic (exact) mass is 320 g/mol. The van der Waals surface area contributed by atoms with Crippen LogP contribution in [0.2, 0.25) is 10.3 Å². The number of hydrogen-bond donors (Lipinski definition) is 0. The van der Waals surface area contributed by atoms with E-state index in [0.29, 0.717) is 16.3 Å². The Bertz CT molecular complexity index is 720. The van der Waals surface area contributed by atoms with E-state index >= 15 is 0 Å². The summed E-state index contributed by atoms with van der Waals surface area (Å²) in [6.07, 6.45) is 0. The van der Waals surface area contributed by atoms with E-state index in [1.807, 2.05) is 19.1 Å². The fourth-order valence-electron chi connectivity index (χ4n) is 1.27. The smallest absolute Gasteiger partial charge is 0.232 e. The SMILES string of the molecule is COc1nc(Cl)ccc1C#N.Cc1ccc(C#N)c(Cl)n1. The van der Waals surface area contributed by atoms with E-state index in [1.165, 1.54) is 7.11 Å². The third-order valence-corrected chi connectivity index (χ3v) is 2.75. The number of aromatic nitrogens is 2. The molecule has 0 spiro atoms. The maximum Gasteiger partial charge on any atom is 0.232 e. The molecule has 2 aromatic heterocycles. The molecule has 0 radical (unpaired) electrons.